The normalized spacial score (nSPS) is 12.7. The molecule has 0 bridgehead atoms. The third kappa shape index (κ3) is 3.26. The molecule has 0 atom stereocenters. The molecule has 0 fully saturated rings. The van der Waals surface area contributed by atoms with Crippen LogP contribution in [0, 0.1) is 5.82 Å². The number of carboxylic acid groups (broad SMARTS) is 1. The third-order valence-electron chi connectivity index (χ3n) is 3.87. The lowest BCUT2D eigenvalue weighted by atomic mass is 10.1. The van der Waals surface area contributed by atoms with E-state index >= 15 is 0 Å². The first kappa shape index (κ1) is 17.5. The summed E-state index contributed by atoms with van der Waals surface area (Å²) in [5.74, 6) is -3.44. The van der Waals surface area contributed by atoms with E-state index in [1.54, 1.807) is 0 Å². The van der Waals surface area contributed by atoms with Gasteiger partial charge in [0.2, 0.25) is 0 Å². The highest BCUT2D eigenvalue weighted by molar-refractivity contribution is 5.98. The molecular formula is C16H14FN3O6. The number of carbonyl (C=O) groups is 2. The second-order valence-corrected chi connectivity index (χ2v) is 5.62. The van der Waals surface area contributed by atoms with Crippen molar-refractivity contribution in [3.63, 3.8) is 0 Å². The number of rotatable bonds is 5. The Morgan fingerprint density at radius 1 is 1.35 bits per heavy atom. The van der Waals surface area contributed by atoms with Gasteiger partial charge in [-0.15, -0.1) is 0 Å². The maximum absolute atomic E-state index is 13.4. The summed E-state index contributed by atoms with van der Waals surface area (Å²) >= 11 is 0. The van der Waals surface area contributed by atoms with E-state index in [1.165, 1.54) is 16.8 Å². The van der Waals surface area contributed by atoms with E-state index in [-0.39, 0.29) is 25.3 Å². The largest absolute Gasteiger partial charge is 0.506 e. The number of nitrogens with zero attached hydrogens (tertiary/aromatic N) is 2. The number of nitrogens with one attached hydrogen (secondary N) is 1. The first-order valence-electron chi connectivity index (χ1n) is 7.53. The summed E-state index contributed by atoms with van der Waals surface area (Å²) in [4.78, 5) is 39.3. The average molecular weight is 363 g/mol. The maximum atomic E-state index is 13.4. The number of aliphatic carboxylic acids is 1. The number of fused-ring (bicyclic) bond motifs is 1. The van der Waals surface area contributed by atoms with Crippen LogP contribution in [0.15, 0.2) is 23.3 Å². The Morgan fingerprint density at radius 2 is 2.12 bits per heavy atom. The molecule has 0 saturated heterocycles. The molecule has 26 heavy (non-hydrogen) atoms. The first-order chi connectivity index (χ1) is 12.4. The Bertz CT molecular complexity index is 956. The second-order valence-electron chi connectivity index (χ2n) is 5.62. The summed E-state index contributed by atoms with van der Waals surface area (Å²) in [7, 11) is 0. The first-order valence-corrected chi connectivity index (χ1v) is 7.53. The molecule has 0 radical (unpaired) electrons. The number of carbonyl (C=O) groups excluding carboxylic acids is 1. The number of hydrogen-bond donors (Lipinski definition) is 3. The van der Waals surface area contributed by atoms with Crippen LogP contribution in [0.2, 0.25) is 0 Å². The van der Waals surface area contributed by atoms with Crippen molar-refractivity contribution in [3.05, 3.63) is 57.0 Å². The topological polar surface area (TPSA) is 131 Å². The van der Waals surface area contributed by atoms with E-state index in [1.807, 2.05) is 5.32 Å². The molecule has 10 heteroatoms. The Kier molecular flexibility index (Phi) is 4.67. The Hall–Kier alpha value is -3.27. The third-order valence-corrected chi connectivity index (χ3v) is 3.87. The van der Waals surface area contributed by atoms with Gasteiger partial charge in [0, 0.05) is 11.8 Å². The van der Waals surface area contributed by atoms with Crippen molar-refractivity contribution >= 4 is 11.9 Å². The highest BCUT2D eigenvalue weighted by Gasteiger charge is 2.29. The van der Waals surface area contributed by atoms with Gasteiger partial charge in [-0.2, -0.15) is 0 Å². The molecule has 3 N–H and O–H groups in total. The van der Waals surface area contributed by atoms with Crippen molar-refractivity contribution in [2.45, 2.75) is 19.8 Å². The molecule has 0 aromatic carbocycles. The van der Waals surface area contributed by atoms with Gasteiger partial charge in [-0.25, -0.2) is 4.39 Å². The number of carboxylic acids is 1. The van der Waals surface area contributed by atoms with Crippen LogP contribution in [0.25, 0.3) is 0 Å². The van der Waals surface area contributed by atoms with Gasteiger partial charge in [0.1, 0.15) is 23.7 Å². The lowest BCUT2D eigenvalue weighted by Crippen LogP contribution is -2.37. The molecule has 0 aliphatic carbocycles. The zero-order chi connectivity index (χ0) is 18.8. The lowest BCUT2D eigenvalue weighted by Gasteiger charge is -2.15. The number of pyridine rings is 2. The molecule has 0 saturated carbocycles. The predicted octanol–water partition coefficient (Wildman–Crippen LogP) is -0.0191. The predicted molar refractivity (Wildman–Crippen MR) is 84.1 cm³/mol. The van der Waals surface area contributed by atoms with Crippen molar-refractivity contribution in [2.24, 2.45) is 0 Å². The SMILES string of the molecule is O=C(O)CNC(=O)c1c(O)c2c(n(Cc3cncc(F)c3)c1=O)COC2. The maximum Gasteiger partial charge on any atom is 0.322 e. The van der Waals surface area contributed by atoms with Gasteiger partial charge in [-0.1, -0.05) is 0 Å². The summed E-state index contributed by atoms with van der Waals surface area (Å²) in [6, 6.07) is 1.19. The molecule has 2 aromatic heterocycles. The standard InChI is InChI=1S/C16H14FN3O6/c17-9-1-8(2-18-3-9)5-20-11-7-26-6-10(11)14(23)13(16(20)25)15(24)19-4-12(21)22/h1-3,23H,4-7H2,(H,19,24)(H,21,22). The van der Waals surface area contributed by atoms with Crippen LogP contribution in [-0.2, 0) is 29.3 Å². The summed E-state index contributed by atoms with van der Waals surface area (Å²) in [6.07, 6.45) is 2.39. The lowest BCUT2D eigenvalue weighted by molar-refractivity contribution is -0.135. The van der Waals surface area contributed by atoms with Crippen molar-refractivity contribution in [1.29, 1.82) is 0 Å². The Labute approximate surface area is 145 Å². The molecule has 9 nitrogen and oxygen atoms in total. The van der Waals surface area contributed by atoms with Crippen LogP contribution >= 0.6 is 0 Å². The minimum absolute atomic E-state index is 0.0118. The van der Waals surface area contributed by atoms with Crippen LogP contribution in [-0.4, -0.2) is 38.2 Å². The molecule has 3 rings (SSSR count). The number of halogens is 1. The smallest absolute Gasteiger partial charge is 0.322 e. The molecule has 1 aliphatic rings. The van der Waals surface area contributed by atoms with Gasteiger partial charge in [-0.3, -0.25) is 19.4 Å². The summed E-state index contributed by atoms with van der Waals surface area (Å²) in [5, 5.41) is 21.0. The van der Waals surface area contributed by atoms with E-state index < -0.39 is 41.1 Å². The second kappa shape index (κ2) is 6.92. The van der Waals surface area contributed by atoms with Crippen molar-refractivity contribution < 1.29 is 28.9 Å². The summed E-state index contributed by atoms with van der Waals surface area (Å²) in [5.41, 5.74) is -0.413. The fourth-order valence-corrected chi connectivity index (χ4v) is 2.72. The van der Waals surface area contributed by atoms with Crippen LogP contribution in [0.1, 0.15) is 27.2 Å². The van der Waals surface area contributed by atoms with Gasteiger partial charge in [0.05, 0.1) is 31.6 Å². The van der Waals surface area contributed by atoms with E-state index in [0.29, 0.717) is 11.3 Å². The van der Waals surface area contributed by atoms with Crippen molar-refractivity contribution in [1.82, 2.24) is 14.9 Å². The van der Waals surface area contributed by atoms with Gasteiger partial charge in [0.15, 0.2) is 0 Å². The molecule has 0 spiro atoms. The number of ether oxygens (including phenoxy) is 1. The Balaban J connectivity index is 2.08. The molecule has 3 heterocycles. The summed E-state index contributed by atoms with van der Waals surface area (Å²) in [6.45, 7) is -0.770. The average Bonchev–Trinajstić information content (AvgIpc) is 3.07. The minimum atomic E-state index is -1.30. The van der Waals surface area contributed by atoms with Gasteiger partial charge < -0.3 is 24.8 Å². The quantitative estimate of drug-likeness (QED) is 0.680. The van der Waals surface area contributed by atoms with E-state index in [4.69, 9.17) is 9.84 Å². The van der Waals surface area contributed by atoms with E-state index in [2.05, 4.69) is 4.98 Å². The van der Waals surface area contributed by atoms with E-state index in [0.717, 1.165) is 6.20 Å². The van der Waals surface area contributed by atoms with Crippen molar-refractivity contribution in [3.8, 4) is 5.75 Å². The number of amides is 1. The fraction of sp³-hybridized carbons (Fsp3) is 0.250. The molecule has 136 valence electrons. The zero-order valence-electron chi connectivity index (χ0n) is 13.4. The van der Waals surface area contributed by atoms with Gasteiger partial charge in [-0.05, 0) is 11.6 Å². The van der Waals surface area contributed by atoms with Gasteiger partial charge >= 0.3 is 5.97 Å². The Morgan fingerprint density at radius 3 is 2.81 bits per heavy atom. The molecular weight excluding hydrogens is 349 g/mol. The van der Waals surface area contributed by atoms with Crippen LogP contribution < -0.4 is 10.9 Å². The molecule has 1 aliphatic heterocycles. The number of aromatic nitrogens is 2. The highest BCUT2D eigenvalue weighted by Crippen LogP contribution is 2.30. The van der Waals surface area contributed by atoms with Gasteiger partial charge in [0.25, 0.3) is 11.5 Å². The number of aromatic hydroxyl groups is 1. The van der Waals surface area contributed by atoms with E-state index in [9.17, 15) is 23.9 Å². The van der Waals surface area contributed by atoms with Crippen molar-refractivity contribution in [2.75, 3.05) is 6.54 Å². The summed E-state index contributed by atoms with van der Waals surface area (Å²) < 4.78 is 19.8. The number of hydrogen-bond acceptors (Lipinski definition) is 6. The molecule has 1 amide bonds. The minimum Gasteiger partial charge on any atom is -0.506 e. The van der Waals surface area contributed by atoms with Crippen LogP contribution in [0.3, 0.4) is 0 Å². The molecule has 2 aromatic rings. The van der Waals surface area contributed by atoms with Crippen LogP contribution in [0.4, 0.5) is 4.39 Å². The highest BCUT2D eigenvalue weighted by atomic mass is 19.1. The van der Waals surface area contributed by atoms with Crippen LogP contribution in [0.5, 0.6) is 5.75 Å². The monoisotopic (exact) mass is 363 g/mol. The zero-order valence-corrected chi connectivity index (χ0v) is 13.4. The fourth-order valence-electron chi connectivity index (χ4n) is 2.72. The molecule has 0 unspecified atom stereocenters.